The summed E-state index contributed by atoms with van der Waals surface area (Å²) in [6.45, 7) is 1.57. The highest BCUT2D eigenvalue weighted by Gasteiger charge is 2.31. The largest absolute Gasteiger partial charge is 0.416 e. The zero-order valence-electron chi connectivity index (χ0n) is 15.6. The molecule has 0 atom stereocenters. The van der Waals surface area contributed by atoms with Gasteiger partial charge >= 0.3 is 6.18 Å². The van der Waals surface area contributed by atoms with E-state index >= 15 is 0 Å². The van der Waals surface area contributed by atoms with E-state index in [-0.39, 0.29) is 11.4 Å². The summed E-state index contributed by atoms with van der Waals surface area (Å²) in [5.74, 6) is -0.319. The number of pyridine rings is 1. The van der Waals surface area contributed by atoms with Crippen LogP contribution in [0.25, 0.3) is 28.6 Å². The van der Waals surface area contributed by atoms with Crippen LogP contribution in [0.15, 0.2) is 61.2 Å². The zero-order chi connectivity index (χ0) is 21.3. The maximum Gasteiger partial charge on any atom is 0.416 e. The van der Waals surface area contributed by atoms with E-state index in [9.17, 15) is 18.0 Å². The molecule has 10 heteroatoms. The second kappa shape index (κ2) is 7.47. The fraction of sp³-hybridized carbons (Fsp3) is 0.100. The van der Waals surface area contributed by atoms with Crippen molar-refractivity contribution in [2.24, 2.45) is 0 Å². The van der Waals surface area contributed by atoms with Crippen molar-refractivity contribution >= 4 is 23.1 Å². The van der Waals surface area contributed by atoms with Gasteiger partial charge in [0.05, 0.1) is 5.56 Å². The first-order valence-corrected chi connectivity index (χ1v) is 8.81. The highest BCUT2D eigenvalue weighted by Crippen LogP contribution is 2.32. The molecule has 0 saturated carbocycles. The van der Waals surface area contributed by atoms with Crippen LogP contribution in [-0.2, 0) is 11.0 Å². The molecule has 1 aromatic carbocycles. The van der Waals surface area contributed by atoms with E-state index in [0.29, 0.717) is 11.2 Å². The minimum absolute atomic E-state index is 0.120. The Morgan fingerprint density at radius 1 is 1.17 bits per heavy atom. The summed E-state index contributed by atoms with van der Waals surface area (Å²) in [7, 11) is 0. The molecule has 3 aromatic heterocycles. The molecule has 0 unspecified atom stereocenters. The average molecular weight is 412 g/mol. The Balaban J connectivity index is 1.50. The van der Waals surface area contributed by atoms with Gasteiger partial charge in [0.1, 0.15) is 6.33 Å². The predicted molar refractivity (Wildman–Crippen MR) is 105 cm³/mol. The summed E-state index contributed by atoms with van der Waals surface area (Å²) in [6, 6.07) is 9.09. The molecule has 1 N–H and O–H groups in total. The minimum atomic E-state index is -4.46. The lowest BCUT2D eigenvalue weighted by Crippen LogP contribution is -2.20. The summed E-state index contributed by atoms with van der Waals surface area (Å²) >= 11 is 0. The second-order valence-electron chi connectivity index (χ2n) is 6.53. The smallest absolute Gasteiger partial charge is 0.268 e. The molecule has 0 bridgehead atoms. The van der Waals surface area contributed by atoms with Crippen LogP contribution >= 0.6 is 0 Å². The lowest BCUT2D eigenvalue weighted by molar-refractivity contribution is -0.137. The van der Waals surface area contributed by atoms with E-state index in [1.165, 1.54) is 28.0 Å². The number of amides is 1. The van der Waals surface area contributed by atoms with Crippen molar-refractivity contribution in [3.05, 3.63) is 72.3 Å². The van der Waals surface area contributed by atoms with Crippen LogP contribution in [0.3, 0.4) is 0 Å². The van der Waals surface area contributed by atoms with Crippen molar-refractivity contribution in [2.75, 3.05) is 5.43 Å². The van der Waals surface area contributed by atoms with Gasteiger partial charge in [-0.3, -0.25) is 10.2 Å². The number of hydrogen-bond acceptors (Lipinski definition) is 4. The number of carbonyl (C=O) groups is 1. The summed E-state index contributed by atoms with van der Waals surface area (Å²) in [6.07, 6.45) is 2.72. The first kappa shape index (κ1) is 19.4. The molecule has 0 saturated heterocycles. The Labute approximate surface area is 168 Å². The fourth-order valence-corrected chi connectivity index (χ4v) is 2.91. The lowest BCUT2D eigenvalue weighted by Gasteiger charge is -2.09. The second-order valence-corrected chi connectivity index (χ2v) is 6.53. The van der Waals surface area contributed by atoms with E-state index in [2.05, 4.69) is 20.5 Å². The molecule has 152 valence electrons. The Kier molecular flexibility index (Phi) is 4.82. The van der Waals surface area contributed by atoms with Crippen LogP contribution < -0.4 is 5.43 Å². The van der Waals surface area contributed by atoms with E-state index < -0.39 is 17.6 Å². The molecule has 0 spiro atoms. The van der Waals surface area contributed by atoms with Gasteiger partial charge < -0.3 is 0 Å². The first-order valence-electron chi connectivity index (χ1n) is 8.81. The van der Waals surface area contributed by atoms with Crippen LogP contribution in [0.4, 0.5) is 13.2 Å². The molecule has 0 aliphatic carbocycles. The van der Waals surface area contributed by atoms with Gasteiger partial charge in [-0.05, 0) is 48.9 Å². The Morgan fingerprint density at radius 2 is 2.00 bits per heavy atom. The molecule has 30 heavy (non-hydrogen) atoms. The highest BCUT2D eigenvalue weighted by molar-refractivity contribution is 5.97. The average Bonchev–Trinajstić information content (AvgIpc) is 3.33. The van der Waals surface area contributed by atoms with E-state index in [1.807, 2.05) is 12.1 Å². The zero-order valence-corrected chi connectivity index (χ0v) is 15.6. The standard InChI is InChI=1S/C20H15F3N6O/c1-13-9-15(11-16(10-13)20(21,22)23)18-25-12-28(27-18)7-5-17(30)26-29-8-4-14-3-2-6-24-19(14)29/h2-12H,1H3,(H,26,30)/b7-5-. The highest BCUT2D eigenvalue weighted by atomic mass is 19.4. The molecule has 4 rings (SSSR count). The third-order valence-corrected chi connectivity index (χ3v) is 4.23. The van der Waals surface area contributed by atoms with Crippen molar-refractivity contribution in [3.8, 4) is 11.4 Å². The van der Waals surface area contributed by atoms with Crippen LogP contribution in [-0.4, -0.2) is 30.3 Å². The predicted octanol–water partition coefficient (Wildman–Crippen LogP) is 3.86. The number of nitrogens with one attached hydrogen (secondary N) is 1. The van der Waals surface area contributed by atoms with Crippen LogP contribution in [0.1, 0.15) is 11.1 Å². The maximum absolute atomic E-state index is 13.0. The fourth-order valence-electron chi connectivity index (χ4n) is 2.91. The number of halogens is 3. The van der Waals surface area contributed by atoms with Crippen molar-refractivity contribution in [1.29, 1.82) is 0 Å². The van der Waals surface area contributed by atoms with Crippen LogP contribution in [0.2, 0.25) is 0 Å². The van der Waals surface area contributed by atoms with Crippen molar-refractivity contribution in [3.63, 3.8) is 0 Å². The SMILES string of the molecule is Cc1cc(-c2ncn(/C=C\C(=O)Nn3ccc4cccnc43)n2)cc(C(F)(F)F)c1. The van der Waals surface area contributed by atoms with E-state index in [1.54, 1.807) is 31.5 Å². The van der Waals surface area contributed by atoms with E-state index in [0.717, 1.165) is 17.5 Å². The maximum atomic E-state index is 13.0. The topological polar surface area (TPSA) is 77.6 Å². The third-order valence-electron chi connectivity index (χ3n) is 4.23. The number of hydrogen-bond donors (Lipinski definition) is 1. The number of aryl methyl sites for hydroxylation is 1. The van der Waals surface area contributed by atoms with E-state index in [4.69, 9.17) is 0 Å². The van der Waals surface area contributed by atoms with Gasteiger partial charge in [0.15, 0.2) is 11.5 Å². The van der Waals surface area contributed by atoms with Gasteiger partial charge in [0.2, 0.25) is 0 Å². The third kappa shape index (κ3) is 4.07. The molecule has 0 radical (unpaired) electrons. The van der Waals surface area contributed by atoms with Crippen molar-refractivity contribution < 1.29 is 18.0 Å². The molecule has 7 nitrogen and oxygen atoms in total. The van der Waals surface area contributed by atoms with Gasteiger partial charge in [-0.2, -0.15) is 13.2 Å². The molecule has 0 aliphatic rings. The number of nitrogens with zero attached hydrogens (tertiary/aromatic N) is 5. The quantitative estimate of drug-likeness (QED) is 0.517. The van der Waals surface area contributed by atoms with Crippen molar-refractivity contribution in [2.45, 2.75) is 13.1 Å². The lowest BCUT2D eigenvalue weighted by atomic mass is 10.1. The van der Waals surface area contributed by atoms with Gasteiger partial charge in [-0.25, -0.2) is 19.3 Å². The van der Waals surface area contributed by atoms with Crippen molar-refractivity contribution in [1.82, 2.24) is 24.4 Å². The van der Waals surface area contributed by atoms with Gasteiger partial charge in [0.25, 0.3) is 5.91 Å². The molecule has 3 heterocycles. The van der Waals surface area contributed by atoms with Gasteiger partial charge in [0, 0.05) is 35.6 Å². The number of rotatable bonds is 4. The molecular formula is C20H15F3N6O. The van der Waals surface area contributed by atoms with Crippen LogP contribution in [0, 0.1) is 6.92 Å². The number of fused-ring (bicyclic) bond motifs is 1. The molecule has 0 fully saturated rings. The van der Waals surface area contributed by atoms with Crippen LogP contribution in [0.5, 0.6) is 0 Å². The monoisotopic (exact) mass is 412 g/mol. The summed E-state index contributed by atoms with van der Waals surface area (Å²) in [5, 5.41) is 4.99. The Hall–Kier alpha value is -3.95. The number of carbonyl (C=O) groups excluding carboxylic acids is 1. The first-order chi connectivity index (χ1) is 14.3. The number of benzene rings is 1. The van der Waals surface area contributed by atoms with Gasteiger partial charge in [-0.15, -0.1) is 5.10 Å². The summed E-state index contributed by atoms with van der Waals surface area (Å²) in [4.78, 5) is 20.4. The summed E-state index contributed by atoms with van der Waals surface area (Å²) < 4.78 is 41.8. The molecule has 0 aliphatic heterocycles. The minimum Gasteiger partial charge on any atom is -0.268 e. The number of aromatic nitrogens is 5. The van der Waals surface area contributed by atoms with Gasteiger partial charge in [-0.1, -0.05) is 0 Å². The Morgan fingerprint density at radius 3 is 2.80 bits per heavy atom. The normalized spacial score (nSPS) is 12.0. The molecule has 1 amide bonds. The molecule has 4 aromatic rings. The Bertz CT molecular complexity index is 1250. The number of alkyl halides is 3. The summed E-state index contributed by atoms with van der Waals surface area (Å²) in [5.41, 5.74) is 3.16. The molecular weight excluding hydrogens is 397 g/mol.